The second kappa shape index (κ2) is 9.05. The van der Waals surface area contributed by atoms with E-state index in [-0.39, 0.29) is 5.91 Å². The minimum Gasteiger partial charge on any atom is -0.496 e. The Kier molecular flexibility index (Phi) is 6.28. The molecule has 0 spiro atoms. The van der Waals surface area contributed by atoms with E-state index in [0.717, 1.165) is 17.7 Å². The number of methoxy groups -OCH3 is 1. The van der Waals surface area contributed by atoms with E-state index >= 15 is 0 Å². The van der Waals surface area contributed by atoms with E-state index in [1.165, 1.54) is 0 Å². The van der Waals surface area contributed by atoms with Crippen LogP contribution in [0.2, 0.25) is 5.02 Å². The predicted octanol–water partition coefficient (Wildman–Crippen LogP) is 4.65. The monoisotopic (exact) mass is 381 g/mol. The van der Waals surface area contributed by atoms with E-state index in [0.29, 0.717) is 28.6 Å². The summed E-state index contributed by atoms with van der Waals surface area (Å²) in [5, 5.41) is 6.64. The summed E-state index contributed by atoms with van der Waals surface area (Å²) >= 11 is 5.95. The Morgan fingerprint density at radius 1 is 1.11 bits per heavy atom. The Bertz CT molecular complexity index is 931. The number of para-hydroxylation sites is 1. The van der Waals surface area contributed by atoms with Crippen molar-refractivity contribution in [3.63, 3.8) is 0 Å². The number of ether oxygens (including phenoxy) is 1. The maximum atomic E-state index is 12.4. The molecule has 0 saturated carbocycles. The van der Waals surface area contributed by atoms with Crippen LogP contribution >= 0.6 is 11.6 Å². The van der Waals surface area contributed by atoms with Crippen molar-refractivity contribution in [2.75, 3.05) is 24.3 Å². The Morgan fingerprint density at radius 3 is 2.78 bits per heavy atom. The minimum atomic E-state index is -0.215. The summed E-state index contributed by atoms with van der Waals surface area (Å²) in [5.74, 6) is 1.29. The molecule has 27 heavy (non-hydrogen) atoms. The lowest BCUT2D eigenvalue weighted by Crippen LogP contribution is -2.13. The van der Waals surface area contributed by atoms with Crippen LogP contribution in [0, 0.1) is 0 Å². The Labute approximate surface area is 163 Å². The topological polar surface area (TPSA) is 63.2 Å². The van der Waals surface area contributed by atoms with Crippen LogP contribution in [0.25, 0.3) is 0 Å². The second-order valence-corrected chi connectivity index (χ2v) is 6.32. The van der Waals surface area contributed by atoms with Gasteiger partial charge in [0.1, 0.15) is 11.6 Å². The maximum Gasteiger partial charge on any atom is 0.255 e. The molecule has 6 heteroatoms. The van der Waals surface area contributed by atoms with Gasteiger partial charge in [-0.15, -0.1) is 0 Å². The van der Waals surface area contributed by atoms with E-state index < -0.39 is 0 Å². The number of amides is 1. The predicted molar refractivity (Wildman–Crippen MR) is 109 cm³/mol. The molecular formula is C21H20ClN3O2. The van der Waals surface area contributed by atoms with Gasteiger partial charge in [0.25, 0.3) is 5.91 Å². The van der Waals surface area contributed by atoms with Crippen LogP contribution in [-0.2, 0) is 6.42 Å². The van der Waals surface area contributed by atoms with Crippen molar-refractivity contribution < 1.29 is 9.53 Å². The number of carbonyl (C=O) groups excluding carboxylic acids is 1. The molecule has 0 saturated heterocycles. The van der Waals surface area contributed by atoms with E-state index in [1.807, 2.05) is 24.3 Å². The lowest BCUT2D eigenvalue weighted by atomic mass is 10.1. The number of nitrogens with one attached hydrogen (secondary N) is 2. The van der Waals surface area contributed by atoms with Gasteiger partial charge in [-0.25, -0.2) is 4.98 Å². The van der Waals surface area contributed by atoms with Crippen LogP contribution in [-0.4, -0.2) is 24.5 Å². The van der Waals surface area contributed by atoms with Crippen molar-refractivity contribution in [1.82, 2.24) is 4.98 Å². The molecular weight excluding hydrogens is 362 g/mol. The van der Waals surface area contributed by atoms with Crippen LogP contribution < -0.4 is 15.4 Å². The summed E-state index contributed by atoms with van der Waals surface area (Å²) in [4.78, 5) is 16.7. The van der Waals surface area contributed by atoms with Crippen molar-refractivity contribution in [1.29, 1.82) is 0 Å². The number of hydrogen-bond donors (Lipinski definition) is 2. The molecule has 0 fully saturated rings. The van der Waals surface area contributed by atoms with Gasteiger partial charge in [0, 0.05) is 29.0 Å². The standard InChI is InChI=1S/C21H20ClN3O2/c1-27-19-8-3-2-5-15(19)9-11-23-20-13-16(10-12-24-20)21(26)25-18-7-4-6-17(22)14-18/h2-8,10,12-14H,9,11H2,1H3,(H,23,24)(H,25,26). The van der Waals surface area contributed by atoms with Crippen LogP contribution in [0.4, 0.5) is 11.5 Å². The molecule has 0 bridgehead atoms. The largest absolute Gasteiger partial charge is 0.496 e. The van der Waals surface area contributed by atoms with Gasteiger partial charge in [-0.1, -0.05) is 35.9 Å². The maximum absolute atomic E-state index is 12.4. The first kappa shape index (κ1) is 18.7. The summed E-state index contributed by atoms with van der Waals surface area (Å²) in [5.41, 5.74) is 2.28. The molecule has 138 valence electrons. The van der Waals surface area contributed by atoms with Crippen LogP contribution in [0.3, 0.4) is 0 Å². The fourth-order valence-electron chi connectivity index (χ4n) is 2.67. The summed E-state index contributed by atoms with van der Waals surface area (Å²) in [6.45, 7) is 0.673. The minimum absolute atomic E-state index is 0.215. The van der Waals surface area contributed by atoms with E-state index in [2.05, 4.69) is 15.6 Å². The molecule has 1 heterocycles. The number of pyridine rings is 1. The summed E-state index contributed by atoms with van der Waals surface area (Å²) in [6, 6.07) is 18.3. The molecule has 2 aromatic carbocycles. The molecule has 0 aliphatic rings. The fraction of sp³-hybridized carbons (Fsp3) is 0.143. The zero-order valence-corrected chi connectivity index (χ0v) is 15.7. The molecule has 1 amide bonds. The van der Waals surface area contributed by atoms with Crippen molar-refractivity contribution in [3.05, 3.63) is 83.0 Å². The van der Waals surface area contributed by atoms with Crippen LogP contribution in [0.5, 0.6) is 5.75 Å². The first-order valence-electron chi connectivity index (χ1n) is 8.54. The highest BCUT2D eigenvalue weighted by Gasteiger charge is 2.08. The third kappa shape index (κ3) is 5.21. The lowest BCUT2D eigenvalue weighted by Gasteiger charge is -2.10. The van der Waals surface area contributed by atoms with E-state index in [1.54, 1.807) is 49.7 Å². The Morgan fingerprint density at radius 2 is 1.96 bits per heavy atom. The molecule has 2 N–H and O–H groups in total. The molecule has 3 rings (SSSR count). The number of nitrogens with zero attached hydrogens (tertiary/aromatic N) is 1. The van der Waals surface area contributed by atoms with Crippen molar-refractivity contribution in [3.8, 4) is 5.75 Å². The molecule has 5 nitrogen and oxygen atoms in total. The SMILES string of the molecule is COc1ccccc1CCNc1cc(C(=O)Nc2cccc(Cl)c2)ccn1. The van der Waals surface area contributed by atoms with Gasteiger partial charge < -0.3 is 15.4 Å². The van der Waals surface area contributed by atoms with Crippen molar-refractivity contribution in [2.45, 2.75) is 6.42 Å². The quantitative estimate of drug-likeness (QED) is 0.625. The number of carbonyl (C=O) groups is 1. The van der Waals surface area contributed by atoms with Gasteiger partial charge in [-0.2, -0.15) is 0 Å². The van der Waals surface area contributed by atoms with Gasteiger partial charge in [-0.05, 0) is 48.4 Å². The summed E-state index contributed by atoms with van der Waals surface area (Å²) in [7, 11) is 1.66. The third-order valence-electron chi connectivity index (χ3n) is 4.00. The third-order valence-corrected chi connectivity index (χ3v) is 4.23. The van der Waals surface area contributed by atoms with Gasteiger partial charge in [0.05, 0.1) is 7.11 Å². The van der Waals surface area contributed by atoms with Gasteiger partial charge in [-0.3, -0.25) is 4.79 Å². The Hall–Kier alpha value is -3.05. The number of hydrogen-bond acceptors (Lipinski definition) is 4. The highest BCUT2D eigenvalue weighted by Crippen LogP contribution is 2.19. The molecule has 0 atom stereocenters. The molecule has 3 aromatic rings. The van der Waals surface area contributed by atoms with Crippen LogP contribution in [0.15, 0.2) is 66.9 Å². The average Bonchev–Trinajstić information content (AvgIpc) is 2.68. The first-order valence-corrected chi connectivity index (χ1v) is 8.92. The molecule has 0 aliphatic heterocycles. The molecule has 1 aromatic heterocycles. The van der Waals surface area contributed by atoms with E-state index in [9.17, 15) is 4.79 Å². The average molecular weight is 382 g/mol. The smallest absolute Gasteiger partial charge is 0.255 e. The highest BCUT2D eigenvalue weighted by atomic mass is 35.5. The normalized spacial score (nSPS) is 10.3. The number of anilines is 2. The molecule has 0 aliphatic carbocycles. The van der Waals surface area contributed by atoms with E-state index in [4.69, 9.17) is 16.3 Å². The van der Waals surface area contributed by atoms with Gasteiger partial charge in [0.15, 0.2) is 0 Å². The zero-order chi connectivity index (χ0) is 19.1. The summed E-state index contributed by atoms with van der Waals surface area (Å²) < 4.78 is 5.36. The Balaban J connectivity index is 1.60. The number of rotatable bonds is 7. The van der Waals surface area contributed by atoms with Crippen molar-refractivity contribution >= 4 is 29.0 Å². The fourth-order valence-corrected chi connectivity index (χ4v) is 2.86. The van der Waals surface area contributed by atoms with Crippen molar-refractivity contribution in [2.24, 2.45) is 0 Å². The van der Waals surface area contributed by atoms with Gasteiger partial charge in [0.2, 0.25) is 0 Å². The summed E-state index contributed by atoms with van der Waals surface area (Å²) in [6.07, 6.45) is 2.39. The first-order chi connectivity index (χ1) is 13.2. The number of benzene rings is 2. The number of aromatic nitrogens is 1. The zero-order valence-electron chi connectivity index (χ0n) is 14.9. The second-order valence-electron chi connectivity index (χ2n) is 5.88. The number of halogens is 1. The molecule has 0 radical (unpaired) electrons. The van der Waals surface area contributed by atoms with Crippen LogP contribution in [0.1, 0.15) is 15.9 Å². The molecule has 0 unspecified atom stereocenters. The van der Waals surface area contributed by atoms with Gasteiger partial charge >= 0.3 is 0 Å². The highest BCUT2D eigenvalue weighted by molar-refractivity contribution is 6.30. The lowest BCUT2D eigenvalue weighted by molar-refractivity contribution is 0.102.